The first-order chi connectivity index (χ1) is 16.9. The number of hydrogen-bond acceptors (Lipinski definition) is 7. The smallest absolute Gasteiger partial charge is 0.343 e. The first-order valence-electron chi connectivity index (χ1n) is 10.5. The normalized spacial score (nSPS) is 14.3. The van der Waals surface area contributed by atoms with Crippen LogP contribution in [0.1, 0.15) is 15.9 Å². The van der Waals surface area contributed by atoms with Crippen LogP contribution in [0.2, 0.25) is 0 Å². The molecule has 3 aromatic carbocycles. The van der Waals surface area contributed by atoms with Gasteiger partial charge in [-0.2, -0.15) is 0 Å². The zero-order chi connectivity index (χ0) is 24.8. The molecule has 4 rings (SSSR count). The third-order valence-corrected chi connectivity index (χ3v) is 6.36. The maximum atomic E-state index is 12.7. The Bertz CT molecular complexity index is 1290. The summed E-state index contributed by atoms with van der Waals surface area (Å²) in [4.78, 5) is 38.9. The number of hydrogen-bond donors (Lipinski definition) is 0. The lowest BCUT2D eigenvalue weighted by atomic mass is 10.2. The van der Waals surface area contributed by atoms with E-state index in [2.05, 4.69) is 15.9 Å². The van der Waals surface area contributed by atoms with Crippen molar-refractivity contribution in [2.24, 2.45) is 0 Å². The van der Waals surface area contributed by atoms with Crippen molar-refractivity contribution in [3.8, 4) is 17.2 Å². The first-order valence-corrected chi connectivity index (χ1v) is 12.1. The Morgan fingerprint density at radius 3 is 2.46 bits per heavy atom. The van der Waals surface area contributed by atoms with Crippen LogP contribution in [0.5, 0.6) is 17.2 Å². The minimum atomic E-state index is -0.476. The molecule has 178 valence electrons. The fraction of sp³-hybridized carbons (Fsp3) is 0.115. The van der Waals surface area contributed by atoms with Crippen LogP contribution in [-0.2, 0) is 4.79 Å². The first kappa shape index (κ1) is 24.6. The van der Waals surface area contributed by atoms with Crippen molar-refractivity contribution < 1.29 is 28.6 Å². The molecule has 1 aliphatic rings. The molecule has 0 spiro atoms. The Kier molecular flexibility index (Phi) is 7.89. The minimum absolute atomic E-state index is 0.116. The predicted octanol–water partition coefficient (Wildman–Crippen LogP) is 5.79. The Labute approximate surface area is 214 Å². The lowest BCUT2D eigenvalue weighted by molar-refractivity contribution is -0.123. The van der Waals surface area contributed by atoms with E-state index < -0.39 is 5.97 Å². The standard InChI is InChI=1S/C26H20BrNO6S/c1-32-21-7-2-3-8-22(21)33-14-13-28-24(29)23(35-26(28)31)15-17-9-11-20(12-10-17)34-25(30)18-5-4-6-19(27)16-18/h2-12,15-16H,13-14H2,1H3/b23-15-. The van der Waals surface area contributed by atoms with Gasteiger partial charge in [0.05, 0.1) is 24.1 Å². The molecule has 35 heavy (non-hydrogen) atoms. The van der Waals surface area contributed by atoms with E-state index in [-0.39, 0.29) is 24.3 Å². The van der Waals surface area contributed by atoms with Crippen LogP contribution in [0.25, 0.3) is 6.08 Å². The molecular formula is C26H20BrNO6S. The summed E-state index contributed by atoms with van der Waals surface area (Å²) < 4.78 is 17.1. The van der Waals surface area contributed by atoms with Crippen LogP contribution < -0.4 is 14.2 Å². The highest BCUT2D eigenvalue weighted by Gasteiger charge is 2.34. The molecule has 9 heteroatoms. The molecule has 1 heterocycles. The molecule has 7 nitrogen and oxygen atoms in total. The summed E-state index contributed by atoms with van der Waals surface area (Å²) in [5.74, 6) is 0.628. The fourth-order valence-corrected chi connectivity index (χ4v) is 4.51. The molecule has 0 atom stereocenters. The molecule has 3 aromatic rings. The molecule has 0 N–H and O–H groups in total. The van der Waals surface area contributed by atoms with E-state index in [1.165, 1.54) is 0 Å². The molecule has 2 amide bonds. The van der Waals surface area contributed by atoms with Gasteiger partial charge in [0.25, 0.3) is 11.1 Å². The Hall–Kier alpha value is -3.56. The summed E-state index contributed by atoms with van der Waals surface area (Å²) in [6.07, 6.45) is 1.63. The maximum Gasteiger partial charge on any atom is 0.343 e. The van der Waals surface area contributed by atoms with E-state index >= 15 is 0 Å². The van der Waals surface area contributed by atoms with Gasteiger partial charge in [-0.25, -0.2) is 4.79 Å². The van der Waals surface area contributed by atoms with Gasteiger partial charge in [-0.15, -0.1) is 0 Å². The molecule has 0 unspecified atom stereocenters. The van der Waals surface area contributed by atoms with E-state index in [4.69, 9.17) is 14.2 Å². The number of nitrogens with zero attached hydrogens (tertiary/aromatic N) is 1. The summed E-state index contributed by atoms with van der Waals surface area (Å²) >= 11 is 4.20. The predicted molar refractivity (Wildman–Crippen MR) is 137 cm³/mol. The Morgan fingerprint density at radius 2 is 1.74 bits per heavy atom. The average molecular weight is 554 g/mol. The molecule has 0 aliphatic carbocycles. The molecule has 1 aliphatic heterocycles. The van der Waals surface area contributed by atoms with E-state index in [9.17, 15) is 14.4 Å². The number of para-hydroxylation sites is 2. The number of benzene rings is 3. The molecule has 0 saturated carbocycles. The van der Waals surface area contributed by atoms with Gasteiger partial charge in [-0.1, -0.05) is 46.3 Å². The zero-order valence-electron chi connectivity index (χ0n) is 18.6. The second kappa shape index (κ2) is 11.2. The lowest BCUT2D eigenvalue weighted by Crippen LogP contribution is -2.32. The van der Waals surface area contributed by atoms with Crippen LogP contribution >= 0.6 is 27.7 Å². The largest absolute Gasteiger partial charge is 0.493 e. The van der Waals surface area contributed by atoms with Crippen molar-refractivity contribution in [2.45, 2.75) is 0 Å². The van der Waals surface area contributed by atoms with Crippen molar-refractivity contribution in [1.82, 2.24) is 4.90 Å². The molecule has 0 aromatic heterocycles. The summed E-state index contributed by atoms with van der Waals surface area (Å²) in [6, 6.07) is 20.8. The van der Waals surface area contributed by atoms with Crippen LogP contribution in [-0.4, -0.2) is 42.3 Å². The molecule has 1 saturated heterocycles. The number of amides is 2. The molecule has 0 bridgehead atoms. The number of rotatable bonds is 8. The van der Waals surface area contributed by atoms with Crippen molar-refractivity contribution in [3.05, 3.63) is 93.3 Å². The molecular weight excluding hydrogens is 534 g/mol. The third kappa shape index (κ3) is 6.12. The second-order valence-corrected chi connectivity index (χ2v) is 9.21. The third-order valence-electron chi connectivity index (χ3n) is 4.96. The maximum absolute atomic E-state index is 12.7. The fourth-order valence-electron chi connectivity index (χ4n) is 3.24. The number of thioether (sulfide) groups is 1. The number of carbonyl (C=O) groups is 3. The van der Waals surface area contributed by atoms with Crippen LogP contribution in [0.3, 0.4) is 0 Å². The highest BCUT2D eigenvalue weighted by Crippen LogP contribution is 2.33. The summed E-state index contributed by atoms with van der Waals surface area (Å²) in [5, 5.41) is -0.357. The summed E-state index contributed by atoms with van der Waals surface area (Å²) in [6.45, 7) is 0.258. The van der Waals surface area contributed by atoms with Gasteiger partial charge >= 0.3 is 5.97 Å². The number of esters is 1. The van der Waals surface area contributed by atoms with Gasteiger partial charge < -0.3 is 14.2 Å². The van der Waals surface area contributed by atoms with Gasteiger partial charge in [0.1, 0.15) is 12.4 Å². The summed E-state index contributed by atoms with van der Waals surface area (Å²) in [7, 11) is 1.54. The van der Waals surface area contributed by atoms with Crippen molar-refractivity contribution in [1.29, 1.82) is 0 Å². The number of halogens is 1. The topological polar surface area (TPSA) is 82.1 Å². The zero-order valence-corrected chi connectivity index (χ0v) is 21.0. The van der Waals surface area contributed by atoms with E-state index in [1.54, 1.807) is 67.8 Å². The van der Waals surface area contributed by atoms with Crippen LogP contribution in [0, 0.1) is 0 Å². The van der Waals surface area contributed by atoms with Crippen LogP contribution in [0.4, 0.5) is 4.79 Å². The highest BCUT2D eigenvalue weighted by molar-refractivity contribution is 9.10. The van der Waals surface area contributed by atoms with Gasteiger partial charge in [0, 0.05) is 4.47 Å². The van der Waals surface area contributed by atoms with Crippen LogP contribution in [0.15, 0.2) is 82.2 Å². The van der Waals surface area contributed by atoms with Gasteiger partial charge in [0.2, 0.25) is 0 Å². The van der Waals surface area contributed by atoms with Crippen molar-refractivity contribution in [2.75, 3.05) is 20.3 Å². The second-order valence-electron chi connectivity index (χ2n) is 7.30. The van der Waals surface area contributed by atoms with Gasteiger partial charge in [0.15, 0.2) is 11.5 Å². The van der Waals surface area contributed by atoms with E-state index in [0.717, 1.165) is 21.1 Å². The van der Waals surface area contributed by atoms with E-state index in [1.807, 2.05) is 18.2 Å². The van der Waals surface area contributed by atoms with Crippen molar-refractivity contribution in [3.63, 3.8) is 0 Å². The summed E-state index contributed by atoms with van der Waals surface area (Å²) in [5.41, 5.74) is 1.12. The molecule has 0 radical (unpaired) electrons. The number of imide groups is 1. The Balaban J connectivity index is 1.35. The number of methoxy groups -OCH3 is 1. The monoisotopic (exact) mass is 553 g/mol. The Morgan fingerprint density at radius 1 is 1.00 bits per heavy atom. The minimum Gasteiger partial charge on any atom is -0.493 e. The number of ether oxygens (including phenoxy) is 3. The van der Waals surface area contributed by atoms with Crippen molar-refractivity contribution >= 4 is 50.9 Å². The van der Waals surface area contributed by atoms with Gasteiger partial charge in [-0.3, -0.25) is 14.5 Å². The number of carbonyl (C=O) groups excluding carboxylic acids is 3. The lowest BCUT2D eigenvalue weighted by Gasteiger charge is -2.14. The SMILES string of the molecule is COc1ccccc1OCCN1C(=O)S/C(=C\c2ccc(OC(=O)c3cccc(Br)c3)cc2)C1=O. The average Bonchev–Trinajstić information content (AvgIpc) is 3.12. The highest BCUT2D eigenvalue weighted by atomic mass is 79.9. The van der Waals surface area contributed by atoms with Gasteiger partial charge in [-0.05, 0) is 65.9 Å². The molecule has 1 fully saturated rings. The van der Waals surface area contributed by atoms with E-state index in [0.29, 0.717) is 33.3 Å². The quantitative estimate of drug-likeness (QED) is 0.198.